The monoisotopic (exact) mass is 360 g/mol. The van der Waals surface area contributed by atoms with Crippen LogP contribution < -0.4 is 15.8 Å². The first-order valence-corrected chi connectivity index (χ1v) is 8.30. The molecule has 1 aromatic carbocycles. The fourth-order valence-corrected chi connectivity index (χ4v) is 3.18. The molecule has 1 heterocycles. The van der Waals surface area contributed by atoms with Crippen LogP contribution in [0.2, 0.25) is 0 Å². The Balaban J connectivity index is 1.87. The van der Waals surface area contributed by atoms with Crippen molar-refractivity contribution in [1.29, 1.82) is 0 Å². The Morgan fingerprint density at radius 2 is 2.19 bits per heavy atom. The van der Waals surface area contributed by atoms with Crippen LogP contribution >= 0.6 is 0 Å². The summed E-state index contributed by atoms with van der Waals surface area (Å²) in [6, 6.07) is 4.14. The number of hydrogen-bond donors (Lipinski definition) is 3. The molecule has 8 heteroatoms. The zero-order valence-corrected chi connectivity index (χ0v) is 14.6. The second kappa shape index (κ2) is 7.25. The number of rotatable bonds is 5. The van der Waals surface area contributed by atoms with Crippen molar-refractivity contribution in [2.45, 2.75) is 31.9 Å². The summed E-state index contributed by atoms with van der Waals surface area (Å²) in [7, 11) is 1.39. The molecule has 1 amide bonds. The van der Waals surface area contributed by atoms with Crippen LogP contribution in [0.15, 0.2) is 24.4 Å². The molecule has 1 aliphatic rings. The first-order chi connectivity index (χ1) is 12.4. The number of nitrogen functional groups attached to an aromatic ring is 1. The summed E-state index contributed by atoms with van der Waals surface area (Å²) in [6.45, 7) is 1.67. The minimum Gasteiger partial charge on any atom is -0.494 e. The summed E-state index contributed by atoms with van der Waals surface area (Å²) < 4.78 is 19.1. The minimum absolute atomic E-state index is 0.0109. The molecule has 1 fully saturated rings. The number of carbonyl (C=O) groups excluding carboxylic acids is 1. The smallest absolute Gasteiger partial charge is 0.255 e. The molecule has 0 saturated heterocycles. The second-order valence-electron chi connectivity index (χ2n) is 6.46. The number of aromatic nitrogens is 2. The molecule has 1 aliphatic carbocycles. The molecule has 7 nitrogen and oxygen atoms in total. The minimum atomic E-state index is -0.504. The highest BCUT2D eigenvalue weighted by Gasteiger charge is 2.36. The van der Waals surface area contributed by atoms with Gasteiger partial charge in [-0.15, -0.1) is 0 Å². The average molecular weight is 360 g/mol. The van der Waals surface area contributed by atoms with E-state index in [0.717, 1.165) is 0 Å². The van der Waals surface area contributed by atoms with E-state index in [-0.39, 0.29) is 23.5 Å². The number of hydrogen-bond acceptors (Lipinski definition) is 6. The van der Waals surface area contributed by atoms with Gasteiger partial charge < -0.3 is 20.9 Å². The number of ether oxygens (including phenoxy) is 1. The maximum absolute atomic E-state index is 14.1. The topological polar surface area (TPSA) is 110 Å². The van der Waals surface area contributed by atoms with E-state index >= 15 is 0 Å². The first kappa shape index (κ1) is 18.1. The number of nitrogens with one attached hydrogen (secondary N) is 1. The average Bonchev–Trinajstić information content (AvgIpc) is 2.57. The maximum atomic E-state index is 14.1. The lowest BCUT2D eigenvalue weighted by molar-refractivity contribution is 0.0234. The van der Waals surface area contributed by atoms with Gasteiger partial charge in [0.15, 0.2) is 11.6 Å². The molecule has 1 saturated carbocycles. The van der Waals surface area contributed by atoms with Crippen molar-refractivity contribution in [2.24, 2.45) is 5.92 Å². The molecule has 138 valence electrons. The first-order valence-electron chi connectivity index (χ1n) is 8.30. The Labute approximate surface area is 150 Å². The van der Waals surface area contributed by atoms with Crippen molar-refractivity contribution in [3.63, 3.8) is 0 Å². The second-order valence-corrected chi connectivity index (χ2v) is 6.46. The van der Waals surface area contributed by atoms with Gasteiger partial charge in [0, 0.05) is 6.20 Å². The Morgan fingerprint density at radius 3 is 2.77 bits per heavy atom. The maximum Gasteiger partial charge on any atom is 0.255 e. The van der Waals surface area contributed by atoms with E-state index in [1.807, 2.05) is 0 Å². The molecule has 3 rings (SSSR count). The van der Waals surface area contributed by atoms with E-state index in [4.69, 9.17) is 10.5 Å². The number of carbonyl (C=O) groups is 1. The van der Waals surface area contributed by atoms with Gasteiger partial charge in [-0.1, -0.05) is 6.07 Å². The fraction of sp³-hybridized carbons (Fsp3) is 0.389. The van der Waals surface area contributed by atoms with Crippen LogP contribution in [0.5, 0.6) is 5.75 Å². The largest absolute Gasteiger partial charge is 0.494 e. The number of aliphatic hydroxyl groups is 1. The molecule has 4 N–H and O–H groups in total. The zero-order chi connectivity index (χ0) is 18.8. The number of benzene rings is 1. The summed E-state index contributed by atoms with van der Waals surface area (Å²) in [6.07, 6.45) is 2.05. The van der Waals surface area contributed by atoms with E-state index in [0.29, 0.717) is 29.7 Å². The number of nitrogens with two attached hydrogens (primary N) is 1. The number of aryl methyl sites for hydroxylation is 1. The molecule has 0 radical (unpaired) electrons. The van der Waals surface area contributed by atoms with Crippen molar-refractivity contribution in [3.8, 4) is 5.75 Å². The van der Waals surface area contributed by atoms with Gasteiger partial charge in [0.1, 0.15) is 0 Å². The van der Waals surface area contributed by atoms with Gasteiger partial charge in [-0.05, 0) is 43.4 Å². The molecule has 26 heavy (non-hydrogen) atoms. The van der Waals surface area contributed by atoms with Crippen LogP contribution in [0.3, 0.4) is 0 Å². The van der Waals surface area contributed by atoms with Crippen LogP contribution in [0.4, 0.5) is 10.3 Å². The third kappa shape index (κ3) is 3.60. The Morgan fingerprint density at radius 1 is 1.46 bits per heavy atom. The molecule has 2 aromatic rings. The number of anilines is 1. The summed E-state index contributed by atoms with van der Waals surface area (Å²) in [4.78, 5) is 20.5. The van der Waals surface area contributed by atoms with E-state index in [9.17, 15) is 14.3 Å². The summed E-state index contributed by atoms with van der Waals surface area (Å²) in [5.41, 5.74) is 6.90. The predicted octanol–water partition coefficient (Wildman–Crippen LogP) is 1.76. The Bertz CT molecular complexity index is 824. The van der Waals surface area contributed by atoms with Crippen molar-refractivity contribution < 1.29 is 19.0 Å². The Hall–Kier alpha value is -2.74. The van der Waals surface area contributed by atoms with Gasteiger partial charge in [0.25, 0.3) is 5.91 Å². The lowest BCUT2D eigenvalue weighted by Gasteiger charge is -2.38. The van der Waals surface area contributed by atoms with E-state index < -0.39 is 18.0 Å². The van der Waals surface area contributed by atoms with Gasteiger partial charge in [-0.25, -0.2) is 14.4 Å². The number of methoxy groups -OCH3 is 1. The van der Waals surface area contributed by atoms with Gasteiger partial charge >= 0.3 is 0 Å². The Kier molecular flexibility index (Phi) is 5.03. The normalized spacial score (nSPS) is 20.2. The quantitative estimate of drug-likeness (QED) is 0.749. The van der Waals surface area contributed by atoms with Crippen molar-refractivity contribution in [1.82, 2.24) is 15.3 Å². The molecule has 1 aromatic heterocycles. The fourth-order valence-electron chi connectivity index (χ4n) is 3.18. The van der Waals surface area contributed by atoms with Gasteiger partial charge in [-0.2, -0.15) is 0 Å². The SMILES string of the molecule is COc1ccc(C(NC(=O)c2cnc(N)nc2C)C2CC(O)C2)cc1F. The van der Waals surface area contributed by atoms with Gasteiger partial charge in [0.2, 0.25) is 5.95 Å². The van der Waals surface area contributed by atoms with E-state index in [2.05, 4.69) is 15.3 Å². The summed E-state index contributed by atoms with van der Waals surface area (Å²) in [5, 5.41) is 12.6. The molecular formula is C18H21FN4O3. The highest BCUT2D eigenvalue weighted by Crippen LogP contribution is 2.39. The van der Waals surface area contributed by atoms with E-state index in [1.165, 1.54) is 25.4 Å². The summed E-state index contributed by atoms with van der Waals surface area (Å²) in [5.74, 6) is -0.636. The number of aliphatic hydroxyl groups excluding tert-OH is 1. The standard InChI is InChI=1S/C18H21FN4O3/c1-9-13(8-21-18(20)22-9)17(25)23-16(11-5-12(24)6-11)10-3-4-15(26-2)14(19)7-10/h3-4,7-8,11-12,16,24H,5-6H2,1-2H3,(H,23,25)(H2,20,21,22). The van der Waals surface area contributed by atoms with Crippen molar-refractivity contribution >= 4 is 11.9 Å². The molecule has 1 atom stereocenters. The molecule has 0 spiro atoms. The van der Waals surface area contributed by atoms with Gasteiger partial charge in [0.05, 0.1) is 30.5 Å². The van der Waals surface area contributed by atoms with Crippen molar-refractivity contribution in [3.05, 3.63) is 47.0 Å². The van der Waals surface area contributed by atoms with Crippen molar-refractivity contribution in [2.75, 3.05) is 12.8 Å². The number of nitrogens with zero attached hydrogens (tertiary/aromatic N) is 2. The zero-order valence-electron chi connectivity index (χ0n) is 14.6. The highest BCUT2D eigenvalue weighted by molar-refractivity contribution is 5.95. The van der Waals surface area contributed by atoms with E-state index in [1.54, 1.807) is 13.0 Å². The molecule has 0 aliphatic heterocycles. The third-order valence-electron chi connectivity index (χ3n) is 4.69. The lowest BCUT2D eigenvalue weighted by Crippen LogP contribution is -2.41. The van der Waals surface area contributed by atoms with Crippen LogP contribution in [0.1, 0.15) is 40.5 Å². The van der Waals surface area contributed by atoms with Crippen LogP contribution in [-0.2, 0) is 0 Å². The molecular weight excluding hydrogens is 339 g/mol. The molecule has 0 bridgehead atoms. The third-order valence-corrected chi connectivity index (χ3v) is 4.69. The van der Waals surface area contributed by atoms with Crippen LogP contribution in [-0.4, -0.2) is 34.2 Å². The molecule has 1 unspecified atom stereocenters. The predicted molar refractivity (Wildman–Crippen MR) is 93.1 cm³/mol. The lowest BCUT2D eigenvalue weighted by atomic mass is 9.75. The number of amides is 1. The van der Waals surface area contributed by atoms with Crippen LogP contribution in [0, 0.1) is 18.7 Å². The summed E-state index contributed by atoms with van der Waals surface area (Å²) >= 11 is 0. The van der Waals surface area contributed by atoms with Crippen LogP contribution in [0.25, 0.3) is 0 Å². The highest BCUT2D eigenvalue weighted by atomic mass is 19.1. The van der Waals surface area contributed by atoms with Gasteiger partial charge in [-0.3, -0.25) is 4.79 Å². The number of halogens is 1.